The Morgan fingerprint density at radius 3 is 2.66 bits per heavy atom. The zero-order chi connectivity index (χ0) is 20.5. The predicted octanol–water partition coefficient (Wildman–Crippen LogP) is 2.82. The highest BCUT2D eigenvalue weighted by molar-refractivity contribution is 5.86. The molecule has 0 saturated heterocycles. The van der Waals surface area contributed by atoms with Crippen LogP contribution in [0, 0.1) is 20.8 Å². The van der Waals surface area contributed by atoms with Gasteiger partial charge in [-0.15, -0.1) is 0 Å². The molecule has 0 spiro atoms. The molecule has 2 aromatic heterocycles. The second-order valence-corrected chi connectivity index (χ2v) is 7.18. The van der Waals surface area contributed by atoms with E-state index in [9.17, 15) is 9.59 Å². The number of hydrogen-bond donors (Lipinski definition) is 1. The Morgan fingerprint density at radius 2 is 1.90 bits per heavy atom. The highest BCUT2D eigenvalue weighted by Crippen LogP contribution is 2.17. The topological polar surface area (TPSA) is 81.8 Å². The van der Waals surface area contributed by atoms with Crippen molar-refractivity contribution in [3.63, 3.8) is 0 Å². The molecular weight excluding hydrogens is 366 g/mol. The van der Waals surface area contributed by atoms with Crippen molar-refractivity contribution >= 4 is 16.9 Å². The summed E-state index contributed by atoms with van der Waals surface area (Å²) in [5.41, 5.74) is 7.77. The molecule has 1 amide bonds. The molecule has 4 rings (SSSR count). The molecule has 0 bridgehead atoms. The lowest BCUT2D eigenvalue weighted by Gasteiger charge is -2.09. The number of nitrogens with one attached hydrogen (secondary N) is 1. The van der Waals surface area contributed by atoms with E-state index in [1.54, 1.807) is 4.68 Å². The van der Waals surface area contributed by atoms with E-state index in [1.807, 2.05) is 63.2 Å². The second kappa shape index (κ2) is 7.35. The van der Waals surface area contributed by atoms with E-state index in [1.165, 1.54) is 18.1 Å². The minimum absolute atomic E-state index is 0.175. The van der Waals surface area contributed by atoms with Gasteiger partial charge in [0, 0.05) is 0 Å². The van der Waals surface area contributed by atoms with Crippen molar-refractivity contribution in [3.05, 3.63) is 87.6 Å². The first-order valence-electron chi connectivity index (χ1n) is 9.31. The van der Waals surface area contributed by atoms with E-state index >= 15 is 0 Å². The van der Waals surface area contributed by atoms with Crippen molar-refractivity contribution in [3.8, 4) is 5.69 Å². The number of carbonyl (C=O) groups excluding carboxylic acids is 1. The number of amides is 1. The summed E-state index contributed by atoms with van der Waals surface area (Å²) in [5.74, 6) is -0.291. The molecule has 2 aromatic carbocycles. The van der Waals surface area contributed by atoms with E-state index in [0.717, 1.165) is 27.1 Å². The molecule has 0 saturated carbocycles. The van der Waals surface area contributed by atoms with Gasteiger partial charge in [0.2, 0.25) is 5.91 Å². The summed E-state index contributed by atoms with van der Waals surface area (Å²) in [6, 6.07) is 13.6. The predicted molar refractivity (Wildman–Crippen MR) is 112 cm³/mol. The zero-order valence-electron chi connectivity index (χ0n) is 16.5. The first-order chi connectivity index (χ1) is 13.9. The number of aromatic nitrogens is 4. The van der Waals surface area contributed by atoms with Crippen LogP contribution in [0.2, 0.25) is 0 Å². The van der Waals surface area contributed by atoms with Gasteiger partial charge in [-0.1, -0.05) is 35.9 Å². The van der Waals surface area contributed by atoms with Crippen LogP contribution in [0.1, 0.15) is 22.3 Å². The van der Waals surface area contributed by atoms with Crippen molar-refractivity contribution in [1.29, 1.82) is 0 Å². The fourth-order valence-electron chi connectivity index (χ4n) is 3.22. The van der Waals surface area contributed by atoms with Crippen LogP contribution < -0.4 is 11.0 Å². The summed E-state index contributed by atoms with van der Waals surface area (Å²) in [4.78, 5) is 29.5. The molecular formula is C22H21N5O2. The molecule has 0 unspecified atom stereocenters. The monoisotopic (exact) mass is 387 g/mol. The van der Waals surface area contributed by atoms with Crippen LogP contribution in [0.5, 0.6) is 0 Å². The number of aryl methyl sites for hydroxylation is 3. The van der Waals surface area contributed by atoms with Gasteiger partial charge in [-0.3, -0.25) is 15.0 Å². The maximum atomic E-state index is 12.8. The number of carbonyl (C=O) groups is 1. The van der Waals surface area contributed by atoms with Crippen molar-refractivity contribution in [2.24, 2.45) is 0 Å². The molecule has 4 aromatic rings. The number of hydrogen-bond acceptors (Lipinski definition) is 4. The molecule has 7 nitrogen and oxygen atoms in total. The normalized spacial score (nSPS) is 11.0. The van der Waals surface area contributed by atoms with Crippen molar-refractivity contribution in [2.45, 2.75) is 27.2 Å². The van der Waals surface area contributed by atoms with Crippen LogP contribution in [0.15, 0.2) is 59.8 Å². The Balaban J connectivity index is 1.62. The van der Waals surface area contributed by atoms with Gasteiger partial charge in [-0.05, 0) is 49.6 Å². The highest BCUT2D eigenvalue weighted by atomic mass is 16.2. The lowest BCUT2D eigenvalue weighted by atomic mass is 10.1. The number of benzene rings is 2. The highest BCUT2D eigenvalue weighted by Gasteiger charge is 2.13. The van der Waals surface area contributed by atoms with E-state index in [-0.39, 0.29) is 17.9 Å². The molecule has 0 radical (unpaired) electrons. The Morgan fingerprint density at radius 1 is 1.07 bits per heavy atom. The van der Waals surface area contributed by atoms with Crippen molar-refractivity contribution in [2.75, 3.05) is 5.43 Å². The molecule has 0 aliphatic carbocycles. The minimum Gasteiger partial charge on any atom is -0.273 e. The summed E-state index contributed by atoms with van der Waals surface area (Å²) < 4.78 is 2.73. The van der Waals surface area contributed by atoms with Crippen molar-refractivity contribution < 1.29 is 4.79 Å². The summed E-state index contributed by atoms with van der Waals surface area (Å²) in [6.07, 6.45) is 2.97. The van der Waals surface area contributed by atoms with Crippen LogP contribution in [-0.4, -0.2) is 25.3 Å². The van der Waals surface area contributed by atoms with Gasteiger partial charge in [0.05, 0.1) is 18.3 Å². The summed E-state index contributed by atoms with van der Waals surface area (Å²) >= 11 is 0. The Labute approximate surface area is 167 Å². The minimum atomic E-state index is -0.373. The Kier molecular flexibility index (Phi) is 4.72. The number of rotatable bonds is 4. The summed E-state index contributed by atoms with van der Waals surface area (Å²) in [6.45, 7) is 6.03. The molecule has 146 valence electrons. The van der Waals surface area contributed by atoms with Gasteiger partial charge in [0.1, 0.15) is 11.7 Å². The SMILES string of the molecule is Cc1cccc(CC(=O)Nn2cnc3c(cnn3-c3ccc(C)c(C)c3)c2=O)c1. The molecule has 1 N–H and O–H groups in total. The maximum absolute atomic E-state index is 12.8. The number of nitrogens with zero attached hydrogens (tertiary/aromatic N) is 4. The van der Waals surface area contributed by atoms with Gasteiger partial charge >= 0.3 is 0 Å². The average Bonchev–Trinajstić information content (AvgIpc) is 3.11. The van der Waals surface area contributed by atoms with E-state index in [4.69, 9.17) is 0 Å². The smallest absolute Gasteiger partial charge is 0.273 e. The van der Waals surface area contributed by atoms with E-state index in [2.05, 4.69) is 15.5 Å². The van der Waals surface area contributed by atoms with Gasteiger partial charge in [-0.25, -0.2) is 14.3 Å². The standard InChI is InChI=1S/C22H21N5O2/c1-14-5-4-6-17(9-14)11-20(28)25-26-13-23-21-19(22(26)29)12-24-27(21)18-8-7-15(2)16(3)10-18/h4-10,12-13H,11H2,1-3H3,(H,25,28). The van der Waals surface area contributed by atoms with Gasteiger partial charge in [0.25, 0.3) is 5.56 Å². The van der Waals surface area contributed by atoms with E-state index < -0.39 is 0 Å². The van der Waals surface area contributed by atoms with Crippen LogP contribution in [0.25, 0.3) is 16.7 Å². The van der Waals surface area contributed by atoms with E-state index in [0.29, 0.717) is 11.0 Å². The molecule has 29 heavy (non-hydrogen) atoms. The van der Waals surface area contributed by atoms with Gasteiger partial charge < -0.3 is 0 Å². The average molecular weight is 387 g/mol. The quantitative estimate of drug-likeness (QED) is 0.584. The molecule has 0 aliphatic rings. The van der Waals surface area contributed by atoms with Gasteiger partial charge in [-0.2, -0.15) is 5.10 Å². The lowest BCUT2D eigenvalue weighted by Crippen LogP contribution is -2.34. The first kappa shape index (κ1) is 18.6. The largest absolute Gasteiger partial charge is 0.283 e. The van der Waals surface area contributed by atoms with Gasteiger partial charge in [0.15, 0.2) is 5.65 Å². The van der Waals surface area contributed by atoms with Crippen LogP contribution in [0.3, 0.4) is 0 Å². The molecule has 2 heterocycles. The van der Waals surface area contributed by atoms with Crippen LogP contribution in [-0.2, 0) is 11.2 Å². The fraction of sp³-hybridized carbons (Fsp3) is 0.182. The first-order valence-corrected chi connectivity index (χ1v) is 9.31. The summed E-state index contributed by atoms with van der Waals surface area (Å²) in [7, 11) is 0. The van der Waals surface area contributed by atoms with Crippen LogP contribution in [0.4, 0.5) is 0 Å². The van der Waals surface area contributed by atoms with Crippen LogP contribution >= 0.6 is 0 Å². The fourth-order valence-corrected chi connectivity index (χ4v) is 3.22. The zero-order valence-corrected chi connectivity index (χ0v) is 16.5. The Hall–Kier alpha value is -3.74. The lowest BCUT2D eigenvalue weighted by molar-refractivity contribution is -0.116. The maximum Gasteiger partial charge on any atom is 0.283 e. The summed E-state index contributed by atoms with van der Waals surface area (Å²) in [5, 5.41) is 4.66. The second-order valence-electron chi connectivity index (χ2n) is 7.18. The van der Waals surface area contributed by atoms with Crippen molar-refractivity contribution in [1.82, 2.24) is 19.4 Å². The third-order valence-corrected chi connectivity index (χ3v) is 4.92. The molecule has 7 heteroatoms. The molecule has 0 atom stereocenters. The molecule has 0 aliphatic heterocycles. The molecule has 0 fully saturated rings. The number of fused-ring (bicyclic) bond motifs is 1. The Bertz CT molecular complexity index is 1290. The third kappa shape index (κ3) is 3.67. The third-order valence-electron chi connectivity index (χ3n) is 4.92.